The topological polar surface area (TPSA) is 99.2 Å². The van der Waals surface area contributed by atoms with E-state index in [1.807, 2.05) is 4.90 Å². The Bertz CT molecular complexity index is 474. The Morgan fingerprint density at radius 1 is 1.38 bits per heavy atom. The predicted molar refractivity (Wildman–Crippen MR) is 70.6 cm³/mol. The number of ether oxygens (including phenoxy) is 1. The van der Waals surface area contributed by atoms with E-state index in [0.29, 0.717) is 32.7 Å². The molecule has 3 saturated heterocycles. The Kier molecular flexibility index (Phi) is 3.48. The van der Waals surface area contributed by atoms with E-state index in [1.54, 1.807) is 4.90 Å². The van der Waals surface area contributed by atoms with Gasteiger partial charge in [-0.25, -0.2) is 9.59 Å². The molecule has 3 aliphatic rings. The summed E-state index contributed by atoms with van der Waals surface area (Å²) in [7, 11) is 0. The Balaban J connectivity index is 1.63. The van der Waals surface area contributed by atoms with Crippen LogP contribution in [0.2, 0.25) is 0 Å². The molecule has 0 aromatic heterocycles. The first-order chi connectivity index (χ1) is 10.0. The highest BCUT2D eigenvalue weighted by Gasteiger charge is 2.45. The Morgan fingerprint density at radius 2 is 2.19 bits per heavy atom. The lowest BCUT2D eigenvalue weighted by molar-refractivity contribution is -0.144. The van der Waals surface area contributed by atoms with E-state index in [1.165, 1.54) is 0 Å². The van der Waals surface area contributed by atoms with Crippen molar-refractivity contribution in [3.63, 3.8) is 0 Å². The molecular formula is C13H19N3O5. The number of carbonyl (C=O) groups excluding carboxylic acids is 2. The third kappa shape index (κ3) is 2.44. The number of fused-ring (bicyclic) bond motifs is 1. The summed E-state index contributed by atoms with van der Waals surface area (Å²) in [5.74, 6) is -0.922. The molecule has 8 nitrogen and oxygen atoms in total. The lowest BCUT2D eigenvalue weighted by atomic mass is 9.99. The largest absolute Gasteiger partial charge is 0.479 e. The molecule has 0 aromatic rings. The van der Waals surface area contributed by atoms with E-state index in [9.17, 15) is 19.5 Å². The molecule has 2 unspecified atom stereocenters. The van der Waals surface area contributed by atoms with Crippen LogP contribution in [0.25, 0.3) is 0 Å². The maximum atomic E-state index is 12.3. The number of piperazine rings is 1. The van der Waals surface area contributed by atoms with Crippen LogP contribution in [0, 0.1) is 0 Å². The van der Waals surface area contributed by atoms with Crippen molar-refractivity contribution < 1.29 is 24.2 Å². The summed E-state index contributed by atoms with van der Waals surface area (Å²) in [6, 6.07) is -0.320. The summed E-state index contributed by atoms with van der Waals surface area (Å²) < 4.78 is 5.13. The van der Waals surface area contributed by atoms with Crippen LogP contribution in [0.5, 0.6) is 0 Å². The predicted octanol–water partition coefficient (Wildman–Crippen LogP) is -0.754. The van der Waals surface area contributed by atoms with Crippen molar-refractivity contribution >= 4 is 17.9 Å². The summed E-state index contributed by atoms with van der Waals surface area (Å²) in [5.41, 5.74) is -1.32. The van der Waals surface area contributed by atoms with Crippen LogP contribution in [-0.4, -0.2) is 77.2 Å². The monoisotopic (exact) mass is 297 g/mol. The highest BCUT2D eigenvalue weighted by Crippen LogP contribution is 2.24. The lowest BCUT2D eigenvalue weighted by Crippen LogP contribution is -2.62. The van der Waals surface area contributed by atoms with Gasteiger partial charge in [0.2, 0.25) is 5.91 Å². The molecule has 8 heteroatoms. The van der Waals surface area contributed by atoms with Crippen LogP contribution in [0.4, 0.5) is 4.79 Å². The van der Waals surface area contributed by atoms with Crippen molar-refractivity contribution in [3.8, 4) is 0 Å². The van der Waals surface area contributed by atoms with Gasteiger partial charge in [-0.05, 0) is 6.42 Å². The summed E-state index contributed by atoms with van der Waals surface area (Å²) in [6.07, 6.45) is 1.57. The third-order valence-electron chi connectivity index (χ3n) is 4.56. The zero-order chi connectivity index (χ0) is 15.0. The lowest BCUT2D eigenvalue weighted by Gasteiger charge is -2.38. The quantitative estimate of drug-likeness (QED) is 0.698. The zero-order valence-corrected chi connectivity index (χ0v) is 11.7. The van der Waals surface area contributed by atoms with Crippen molar-refractivity contribution in [2.75, 3.05) is 32.8 Å². The molecular weight excluding hydrogens is 278 g/mol. The first-order valence-electron chi connectivity index (χ1n) is 7.19. The van der Waals surface area contributed by atoms with Gasteiger partial charge in [-0.2, -0.15) is 0 Å². The van der Waals surface area contributed by atoms with E-state index in [2.05, 4.69) is 5.32 Å². The number of amides is 3. The smallest absolute Gasteiger partial charge is 0.332 e. The molecule has 3 rings (SSSR count). The molecule has 3 amide bonds. The van der Waals surface area contributed by atoms with E-state index in [-0.39, 0.29) is 31.0 Å². The van der Waals surface area contributed by atoms with Gasteiger partial charge in [0.1, 0.15) is 0 Å². The highest BCUT2D eigenvalue weighted by molar-refractivity contribution is 5.87. The number of carbonyl (C=O) groups is 3. The minimum absolute atomic E-state index is 0.00402. The molecule has 0 aromatic carbocycles. The fourth-order valence-corrected chi connectivity index (χ4v) is 3.22. The van der Waals surface area contributed by atoms with Crippen LogP contribution in [0.15, 0.2) is 0 Å². The van der Waals surface area contributed by atoms with Gasteiger partial charge in [0, 0.05) is 45.1 Å². The summed E-state index contributed by atoms with van der Waals surface area (Å²) in [6.45, 7) is 1.75. The van der Waals surface area contributed by atoms with Gasteiger partial charge in [-0.1, -0.05) is 0 Å². The van der Waals surface area contributed by atoms with Crippen molar-refractivity contribution in [2.45, 2.75) is 30.8 Å². The number of aliphatic carboxylic acids is 1. The Morgan fingerprint density at radius 3 is 2.86 bits per heavy atom. The van der Waals surface area contributed by atoms with Gasteiger partial charge in [0.25, 0.3) is 0 Å². The maximum absolute atomic E-state index is 12.3. The van der Waals surface area contributed by atoms with E-state index in [0.717, 1.165) is 6.42 Å². The number of rotatable bonds is 2. The van der Waals surface area contributed by atoms with Crippen LogP contribution < -0.4 is 5.32 Å². The molecule has 0 aliphatic carbocycles. The second-order valence-corrected chi connectivity index (χ2v) is 5.85. The van der Waals surface area contributed by atoms with E-state index < -0.39 is 11.5 Å². The summed E-state index contributed by atoms with van der Waals surface area (Å²) >= 11 is 0. The normalized spacial score (nSPS) is 32.2. The van der Waals surface area contributed by atoms with Crippen molar-refractivity contribution in [1.82, 2.24) is 15.1 Å². The molecule has 0 spiro atoms. The average molecular weight is 297 g/mol. The Hall–Kier alpha value is -1.83. The molecule has 2 atom stereocenters. The van der Waals surface area contributed by atoms with Crippen molar-refractivity contribution in [2.24, 2.45) is 0 Å². The molecule has 3 heterocycles. The molecule has 3 aliphatic heterocycles. The number of carboxylic acid groups (broad SMARTS) is 1. The minimum atomic E-state index is -1.32. The van der Waals surface area contributed by atoms with Gasteiger partial charge in [0.15, 0.2) is 5.54 Å². The second kappa shape index (κ2) is 5.18. The minimum Gasteiger partial charge on any atom is -0.479 e. The molecule has 21 heavy (non-hydrogen) atoms. The van der Waals surface area contributed by atoms with Crippen LogP contribution in [0.1, 0.15) is 19.3 Å². The maximum Gasteiger partial charge on any atom is 0.332 e. The second-order valence-electron chi connectivity index (χ2n) is 5.85. The standard InChI is InChI=1S/C13H19N3O5/c17-10-2-1-9-7-15(4-5-16(9)10)12(20)14-13(11(18)19)3-6-21-8-13/h9H,1-8H2,(H,14,20)(H,18,19). The van der Waals surface area contributed by atoms with Crippen molar-refractivity contribution in [1.29, 1.82) is 0 Å². The Labute approximate surface area is 122 Å². The summed E-state index contributed by atoms with van der Waals surface area (Å²) in [4.78, 5) is 38.8. The van der Waals surface area contributed by atoms with Gasteiger partial charge < -0.3 is 25.0 Å². The van der Waals surface area contributed by atoms with Crippen molar-refractivity contribution in [3.05, 3.63) is 0 Å². The number of nitrogens with zero attached hydrogens (tertiary/aromatic N) is 2. The fourth-order valence-electron chi connectivity index (χ4n) is 3.22. The average Bonchev–Trinajstić information content (AvgIpc) is 3.07. The summed E-state index contributed by atoms with van der Waals surface area (Å²) in [5, 5.41) is 11.9. The molecule has 3 fully saturated rings. The number of nitrogens with one attached hydrogen (secondary N) is 1. The van der Waals surface area contributed by atoms with Crippen LogP contribution in [-0.2, 0) is 14.3 Å². The number of urea groups is 1. The van der Waals surface area contributed by atoms with Crippen LogP contribution in [0.3, 0.4) is 0 Å². The first-order valence-corrected chi connectivity index (χ1v) is 7.19. The van der Waals surface area contributed by atoms with Gasteiger partial charge >= 0.3 is 12.0 Å². The van der Waals surface area contributed by atoms with Gasteiger partial charge in [0.05, 0.1) is 6.61 Å². The SMILES string of the molecule is O=C(NC1(C(=O)O)CCOC1)N1CCN2C(=O)CCC2C1. The number of carboxylic acids is 1. The van der Waals surface area contributed by atoms with E-state index in [4.69, 9.17) is 4.74 Å². The first kappa shape index (κ1) is 14.1. The molecule has 116 valence electrons. The van der Waals surface area contributed by atoms with E-state index >= 15 is 0 Å². The number of hydrogen-bond acceptors (Lipinski definition) is 4. The van der Waals surface area contributed by atoms with Gasteiger partial charge in [-0.3, -0.25) is 4.79 Å². The molecule has 2 N–H and O–H groups in total. The van der Waals surface area contributed by atoms with Crippen LogP contribution >= 0.6 is 0 Å². The van der Waals surface area contributed by atoms with Gasteiger partial charge in [-0.15, -0.1) is 0 Å². The fraction of sp³-hybridized carbons (Fsp3) is 0.769. The highest BCUT2D eigenvalue weighted by atomic mass is 16.5. The molecule has 0 saturated carbocycles. The number of hydrogen-bond donors (Lipinski definition) is 2. The third-order valence-corrected chi connectivity index (χ3v) is 4.56. The zero-order valence-electron chi connectivity index (χ0n) is 11.7. The molecule has 0 radical (unpaired) electrons. The molecule has 0 bridgehead atoms.